The second-order valence-electron chi connectivity index (χ2n) is 7.24. The molecule has 26 heavy (non-hydrogen) atoms. The molecule has 6 nitrogen and oxygen atoms in total. The number of hydrogen-bond donors (Lipinski definition) is 1. The summed E-state index contributed by atoms with van der Waals surface area (Å²) in [6.45, 7) is 0.167. The first-order valence-electron chi connectivity index (χ1n) is 9.27. The Kier molecular flexibility index (Phi) is 4.96. The van der Waals surface area contributed by atoms with Crippen LogP contribution >= 0.6 is 0 Å². The average Bonchev–Trinajstić information content (AvgIpc) is 3.04. The molecule has 0 bridgehead atoms. The van der Waals surface area contributed by atoms with Crippen molar-refractivity contribution in [2.24, 2.45) is 0 Å². The van der Waals surface area contributed by atoms with E-state index in [9.17, 15) is 8.42 Å². The number of benzene rings is 1. The third-order valence-corrected chi connectivity index (χ3v) is 7.38. The molecule has 2 fully saturated rings. The first-order chi connectivity index (χ1) is 12.6. The van der Waals surface area contributed by atoms with Crippen LogP contribution in [0.1, 0.15) is 43.7 Å². The fraction of sp³-hybridized carbons (Fsp3) is 0.526. The molecule has 0 radical (unpaired) electrons. The van der Waals surface area contributed by atoms with Crippen molar-refractivity contribution < 1.29 is 13.3 Å². The second-order valence-corrected chi connectivity index (χ2v) is 9.17. The summed E-state index contributed by atoms with van der Waals surface area (Å²) in [5.41, 5.74) is 1.80. The Balaban J connectivity index is 1.67. The molecule has 2 unspecified atom stereocenters. The van der Waals surface area contributed by atoms with Crippen LogP contribution in [0.5, 0.6) is 0 Å². The van der Waals surface area contributed by atoms with E-state index in [4.69, 9.17) is 4.84 Å². The van der Waals surface area contributed by atoms with Gasteiger partial charge in [0.15, 0.2) is 0 Å². The first-order valence-corrected chi connectivity index (χ1v) is 10.8. The average molecular weight is 375 g/mol. The molecule has 1 aromatic heterocycles. The topological polar surface area (TPSA) is 71.5 Å². The van der Waals surface area contributed by atoms with E-state index >= 15 is 0 Å². The number of rotatable bonds is 4. The largest absolute Gasteiger partial charge is 0.297 e. The predicted molar refractivity (Wildman–Crippen MR) is 101 cm³/mol. The highest BCUT2D eigenvalue weighted by molar-refractivity contribution is 7.90. The Morgan fingerprint density at radius 1 is 1.15 bits per heavy atom. The highest BCUT2D eigenvalue weighted by Gasteiger charge is 2.44. The van der Waals surface area contributed by atoms with Crippen LogP contribution in [0.2, 0.25) is 0 Å². The number of para-hydroxylation sites is 1. The SMILES string of the molecule is CN1OCC(S(=O)(=O)NC2CCCCC2)C1c1ccnc2ccccc12. The molecular weight excluding hydrogens is 350 g/mol. The third-order valence-electron chi connectivity index (χ3n) is 5.52. The van der Waals surface area contributed by atoms with E-state index in [0.717, 1.165) is 42.1 Å². The van der Waals surface area contributed by atoms with E-state index in [0.29, 0.717) is 0 Å². The van der Waals surface area contributed by atoms with Crippen LogP contribution in [0, 0.1) is 0 Å². The molecule has 2 atom stereocenters. The summed E-state index contributed by atoms with van der Waals surface area (Å²) in [6, 6.07) is 9.42. The fourth-order valence-electron chi connectivity index (χ4n) is 4.17. The van der Waals surface area contributed by atoms with Crippen molar-refractivity contribution in [3.8, 4) is 0 Å². The van der Waals surface area contributed by atoms with Gasteiger partial charge in [0, 0.05) is 24.7 Å². The monoisotopic (exact) mass is 375 g/mol. The van der Waals surface area contributed by atoms with Crippen molar-refractivity contribution in [1.29, 1.82) is 0 Å². The van der Waals surface area contributed by atoms with Gasteiger partial charge < -0.3 is 0 Å². The molecule has 1 aromatic carbocycles. The van der Waals surface area contributed by atoms with Crippen LogP contribution in [0.4, 0.5) is 0 Å². The second kappa shape index (κ2) is 7.23. The number of aromatic nitrogens is 1. The van der Waals surface area contributed by atoms with Crippen LogP contribution in [-0.2, 0) is 14.9 Å². The van der Waals surface area contributed by atoms with E-state index < -0.39 is 15.3 Å². The van der Waals surface area contributed by atoms with Crippen LogP contribution in [-0.4, -0.2) is 43.4 Å². The highest BCUT2D eigenvalue weighted by Crippen LogP contribution is 2.36. The fourth-order valence-corrected chi connectivity index (χ4v) is 5.94. The van der Waals surface area contributed by atoms with Gasteiger partial charge in [-0.05, 0) is 30.5 Å². The van der Waals surface area contributed by atoms with Gasteiger partial charge >= 0.3 is 0 Å². The van der Waals surface area contributed by atoms with Crippen molar-refractivity contribution in [3.63, 3.8) is 0 Å². The lowest BCUT2D eigenvalue weighted by molar-refractivity contribution is -0.110. The summed E-state index contributed by atoms with van der Waals surface area (Å²) >= 11 is 0. The molecule has 0 spiro atoms. The molecule has 0 amide bonds. The summed E-state index contributed by atoms with van der Waals surface area (Å²) in [6.07, 6.45) is 6.96. The third kappa shape index (κ3) is 3.36. The van der Waals surface area contributed by atoms with Crippen molar-refractivity contribution in [3.05, 3.63) is 42.1 Å². The number of fused-ring (bicyclic) bond motifs is 1. The molecule has 2 heterocycles. The maximum absolute atomic E-state index is 13.1. The van der Waals surface area contributed by atoms with Gasteiger partial charge in [-0.25, -0.2) is 13.1 Å². The van der Waals surface area contributed by atoms with Crippen molar-refractivity contribution in [2.75, 3.05) is 13.7 Å². The van der Waals surface area contributed by atoms with Gasteiger partial charge in [0.2, 0.25) is 10.0 Å². The van der Waals surface area contributed by atoms with Gasteiger partial charge in [-0.15, -0.1) is 0 Å². The molecule has 1 saturated carbocycles. The summed E-state index contributed by atoms with van der Waals surface area (Å²) in [7, 11) is -1.69. The minimum atomic E-state index is -3.50. The molecule has 1 saturated heterocycles. The van der Waals surface area contributed by atoms with E-state index in [-0.39, 0.29) is 18.7 Å². The summed E-state index contributed by atoms with van der Waals surface area (Å²) < 4.78 is 29.2. The van der Waals surface area contributed by atoms with E-state index in [1.165, 1.54) is 6.42 Å². The molecular formula is C19H25N3O3S. The van der Waals surface area contributed by atoms with Crippen molar-refractivity contribution >= 4 is 20.9 Å². The lowest BCUT2D eigenvalue weighted by Crippen LogP contribution is -2.44. The Labute approximate surface area is 154 Å². The predicted octanol–water partition coefficient (Wildman–Crippen LogP) is 2.77. The minimum absolute atomic E-state index is 0.0505. The van der Waals surface area contributed by atoms with Gasteiger partial charge in [0.25, 0.3) is 0 Å². The van der Waals surface area contributed by atoms with Crippen molar-refractivity contribution in [1.82, 2.24) is 14.8 Å². The maximum Gasteiger partial charge on any atom is 0.219 e. The van der Waals surface area contributed by atoms with Crippen LogP contribution in [0.25, 0.3) is 10.9 Å². The van der Waals surface area contributed by atoms with E-state index in [1.807, 2.05) is 30.3 Å². The van der Waals surface area contributed by atoms with Crippen LogP contribution in [0.15, 0.2) is 36.5 Å². The van der Waals surface area contributed by atoms with E-state index in [2.05, 4.69) is 9.71 Å². The van der Waals surface area contributed by atoms with Crippen LogP contribution < -0.4 is 4.72 Å². The Bertz CT molecular complexity index is 875. The van der Waals surface area contributed by atoms with Gasteiger partial charge in [0.05, 0.1) is 18.2 Å². The molecule has 140 valence electrons. The first kappa shape index (κ1) is 17.9. The summed E-state index contributed by atoms with van der Waals surface area (Å²) in [5, 5.41) is 2.00. The minimum Gasteiger partial charge on any atom is -0.297 e. The van der Waals surface area contributed by atoms with Gasteiger partial charge in [-0.1, -0.05) is 37.5 Å². The van der Waals surface area contributed by atoms with Crippen LogP contribution in [0.3, 0.4) is 0 Å². The molecule has 2 aromatic rings. The Hall–Kier alpha value is -1.54. The zero-order valence-electron chi connectivity index (χ0n) is 15.0. The quantitative estimate of drug-likeness (QED) is 0.890. The lowest BCUT2D eigenvalue weighted by atomic mass is 9.96. The zero-order valence-corrected chi connectivity index (χ0v) is 15.8. The summed E-state index contributed by atoms with van der Waals surface area (Å²) in [4.78, 5) is 10.0. The molecule has 1 aliphatic heterocycles. The number of sulfonamides is 1. The Morgan fingerprint density at radius 2 is 1.92 bits per heavy atom. The highest BCUT2D eigenvalue weighted by atomic mass is 32.2. The lowest BCUT2D eigenvalue weighted by Gasteiger charge is -2.27. The zero-order chi connectivity index (χ0) is 18.1. The van der Waals surface area contributed by atoms with Gasteiger partial charge in [0.1, 0.15) is 5.25 Å². The number of hydroxylamine groups is 2. The molecule has 1 N–H and O–H groups in total. The van der Waals surface area contributed by atoms with Gasteiger partial charge in [-0.2, -0.15) is 5.06 Å². The number of nitrogens with one attached hydrogen (secondary N) is 1. The normalized spacial score (nSPS) is 25.7. The molecule has 4 rings (SSSR count). The Morgan fingerprint density at radius 3 is 2.73 bits per heavy atom. The number of hydrogen-bond acceptors (Lipinski definition) is 5. The van der Waals surface area contributed by atoms with E-state index in [1.54, 1.807) is 18.3 Å². The maximum atomic E-state index is 13.1. The van der Waals surface area contributed by atoms with Gasteiger partial charge in [-0.3, -0.25) is 9.82 Å². The standard InChI is InChI=1S/C19H25N3O3S/c1-22-19(16-11-12-20-17-10-6-5-9-15(16)17)18(13-25-22)26(23,24)21-14-7-3-2-4-8-14/h5-6,9-12,14,18-19,21H,2-4,7-8,13H2,1H3. The number of nitrogens with zero attached hydrogens (tertiary/aromatic N) is 2. The van der Waals surface area contributed by atoms with Crippen molar-refractivity contribution in [2.45, 2.75) is 49.4 Å². The summed E-state index contributed by atoms with van der Waals surface area (Å²) in [5.74, 6) is 0. The molecule has 7 heteroatoms. The smallest absolute Gasteiger partial charge is 0.219 e. The molecule has 1 aliphatic carbocycles. The molecule has 2 aliphatic rings. The number of pyridine rings is 1.